The lowest BCUT2D eigenvalue weighted by molar-refractivity contribution is 0.932. The van der Waals surface area contributed by atoms with Crippen molar-refractivity contribution in [2.24, 2.45) is 9.98 Å². The van der Waals surface area contributed by atoms with Crippen LogP contribution in [0, 0.1) is 20.8 Å². The molecule has 5 heteroatoms. The normalized spacial score (nSPS) is 14.7. The molecule has 3 aromatic rings. The first kappa shape index (κ1) is 15.4. The van der Waals surface area contributed by atoms with Gasteiger partial charge in [-0.2, -0.15) is 14.8 Å². The van der Waals surface area contributed by atoms with Crippen molar-refractivity contribution in [2.75, 3.05) is 0 Å². The molecular weight excluding hydrogens is 310 g/mol. The van der Waals surface area contributed by atoms with Gasteiger partial charge in [0.1, 0.15) is 12.0 Å². The molecule has 1 aliphatic heterocycles. The molecule has 0 radical (unpaired) electrons. The summed E-state index contributed by atoms with van der Waals surface area (Å²) in [4.78, 5) is 13.6. The molecule has 124 valence electrons. The maximum Gasteiger partial charge on any atom is 0.254 e. The molecule has 0 N–H and O–H groups in total. The van der Waals surface area contributed by atoms with Crippen molar-refractivity contribution < 1.29 is 0 Å². The first-order chi connectivity index (χ1) is 12.1. The van der Waals surface area contributed by atoms with E-state index in [1.807, 2.05) is 0 Å². The van der Waals surface area contributed by atoms with Crippen LogP contribution in [0.5, 0.6) is 0 Å². The average molecular weight is 329 g/mol. The Kier molecular flexibility index (Phi) is 3.76. The Morgan fingerprint density at radius 3 is 2.52 bits per heavy atom. The molecule has 25 heavy (non-hydrogen) atoms. The number of nitrogens with zero attached hydrogens (tertiary/aromatic N) is 5. The van der Waals surface area contributed by atoms with Gasteiger partial charge in [0, 0.05) is 5.56 Å². The molecule has 4 rings (SSSR count). The highest BCUT2D eigenvalue weighted by molar-refractivity contribution is 6.50. The summed E-state index contributed by atoms with van der Waals surface area (Å²) < 4.78 is 1.71. The fraction of sp³-hybridized carbons (Fsp3) is 0.200. The van der Waals surface area contributed by atoms with Crippen LogP contribution in [0.3, 0.4) is 0 Å². The van der Waals surface area contributed by atoms with Crippen molar-refractivity contribution in [1.29, 1.82) is 0 Å². The molecular formula is C20H19N5. The van der Waals surface area contributed by atoms with Crippen LogP contribution >= 0.6 is 0 Å². The van der Waals surface area contributed by atoms with E-state index in [4.69, 9.17) is 4.99 Å². The summed E-state index contributed by atoms with van der Waals surface area (Å²) in [6, 6.07) is 14.7. The third kappa shape index (κ3) is 2.89. The molecule has 0 fully saturated rings. The average Bonchev–Trinajstić information content (AvgIpc) is 3.18. The van der Waals surface area contributed by atoms with Crippen LogP contribution in [0.1, 0.15) is 27.8 Å². The SMILES string of the molecule is Cc1ccc(CN=C2C(c3ccc(C)c(C)c3)=Nc3ncnn32)cc1. The van der Waals surface area contributed by atoms with E-state index in [2.05, 4.69) is 78.3 Å². The second-order valence-electron chi connectivity index (χ2n) is 6.36. The van der Waals surface area contributed by atoms with Gasteiger partial charge in [-0.3, -0.25) is 4.99 Å². The largest absolute Gasteiger partial charge is 0.260 e. The zero-order valence-corrected chi connectivity index (χ0v) is 14.6. The Morgan fingerprint density at radius 2 is 1.76 bits per heavy atom. The van der Waals surface area contributed by atoms with Crippen LogP contribution in [0.2, 0.25) is 0 Å². The number of aromatic nitrogens is 3. The number of benzene rings is 2. The van der Waals surface area contributed by atoms with Crippen LogP contribution in [0.4, 0.5) is 5.95 Å². The number of fused-ring (bicyclic) bond motifs is 1. The van der Waals surface area contributed by atoms with Crippen molar-refractivity contribution in [2.45, 2.75) is 27.3 Å². The van der Waals surface area contributed by atoms with Gasteiger partial charge in [-0.05, 0) is 43.5 Å². The molecule has 2 aromatic carbocycles. The maximum atomic E-state index is 4.79. The number of aliphatic imine (C=N–C) groups is 2. The second-order valence-corrected chi connectivity index (χ2v) is 6.36. The smallest absolute Gasteiger partial charge is 0.254 e. The number of hydrogen-bond donors (Lipinski definition) is 0. The molecule has 1 aliphatic rings. The van der Waals surface area contributed by atoms with E-state index in [0.717, 1.165) is 22.7 Å². The van der Waals surface area contributed by atoms with E-state index < -0.39 is 0 Å². The van der Waals surface area contributed by atoms with Gasteiger partial charge in [0.25, 0.3) is 5.95 Å². The summed E-state index contributed by atoms with van der Waals surface area (Å²) in [5.41, 5.74) is 6.76. The summed E-state index contributed by atoms with van der Waals surface area (Å²) >= 11 is 0. The molecule has 0 bridgehead atoms. The zero-order valence-electron chi connectivity index (χ0n) is 14.6. The van der Waals surface area contributed by atoms with Crippen molar-refractivity contribution >= 4 is 17.5 Å². The number of rotatable bonds is 3. The van der Waals surface area contributed by atoms with Crippen LogP contribution in [-0.2, 0) is 6.54 Å². The lowest BCUT2D eigenvalue weighted by Crippen LogP contribution is -2.20. The third-order valence-electron chi connectivity index (χ3n) is 4.47. The predicted molar refractivity (Wildman–Crippen MR) is 99.9 cm³/mol. The van der Waals surface area contributed by atoms with Gasteiger partial charge in [-0.15, -0.1) is 0 Å². The molecule has 2 heterocycles. The molecule has 0 unspecified atom stereocenters. The van der Waals surface area contributed by atoms with E-state index in [9.17, 15) is 0 Å². The van der Waals surface area contributed by atoms with E-state index in [0.29, 0.717) is 12.5 Å². The van der Waals surface area contributed by atoms with Gasteiger partial charge in [0.15, 0.2) is 5.84 Å². The Labute approximate surface area is 146 Å². The highest BCUT2D eigenvalue weighted by Crippen LogP contribution is 2.21. The van der Waals surface area contributed by atoms with Crippen LogP contribution in [0.15, 0.2) is 58.8 Å². The minimum Gasteiger partial charge on any atom is -0.260 e. The quantitative estimate of drug-likeness (QED) is 0.734. The summed E-state index contributed by atoms with van der Waals surface area (Å²) in [7, 11) is 0. The van der Waals surface area contributed by atoms with Crippen molar-refractivity contribution in [3.8, 4) is 0 Å². The van der Waals surface area contributed by atoms with Gasteiger partial charge >= 0.3 is 0 Å². The van der Waals surface area contributed by atoms with E-state index in [1.54, 1.807) is 4.68 Å². The zero-order chi connectivity index (χ0) is 17.4. The lowest BCUT2D eigenvalue weighted by Gasteiger charge is -2.07. The standard InChI is InChI=1S/C20H19N5/c1-13-4-7-16(8-5-13)11-21-19-18(24-20-22-12-23-25(19)20)17-9-6-14(2)15(3)10-17/h4-10,12H,11H2,1-3H3. The van der Waals surface area contributed by atoms with Crippen LogP contribution in [0.25, 0.3) is 0 Å². The van der Waals surface area contributed by atoms with Gasteiger partial charge < -0.3 is 0 Å². The highest BCUT2D eigenvalue weighted by Gasteiger charge is 2.25. The molecule has 1 aromatic heterocycles. The van der Waals surface area contributed by atoms with Gasteiger partial charge in [0.05, 0.1) is 6.54 Å². The van der Waals surface area contributed by atoms with Crippen molar-refractivity contribution in [3.05, 3.63) is 76.6 Å². The predicted octanol–water partition coefficient (Wildman–Crippen LogP) is 3.78. The summed E-state index contributed by atoms with van der Waals surface area (Å²) in [5.74, 6) is 1.33. The van der Waals surface area contributed by atoms with E-state index in [1.165, 1.54) is 23.0 Å². The number of hydrogen-bond acceptors (Lipinski definition) is 4. The van der Waals surface area contributed by atoms with Crippen molar-refractivity contribution in [3.63, 3.8) is 0 Å². The number of aryl methyl sites for hydroxylation is 3. The minimum absolute atomic E-state index is 0.580. The molecule has 0 saturated carbocycles. The topological polar surface area (TPSA) is 55.4 Å². The first-order valence-electron chi connectivity index (χ1n) is 8.29. The monoisotopic (exact) mass is 329 g/mol. The summed E-state index contributed by atoms with van der Waals surface area (Å²) in [6.07, 6.45) is 1.51. The second kappa shape index (κ2) is 6.09. The van der Waals surface area contributed by atoms with E-state index in [-0.39, 0.29) is 0 Å². The molecule has 0 aliphatic carbocycles. The minimum atomic E-state index is 0.580. The van der Waals surface area contributed by atoms with Crippen molar-refractivity contribution in [1.82, 2.24) is 14.8 Å². The lowest BCUT2D eigenvalue weighted by atomic mass is 10.0. The highest BCUT2D eigenvalue weighted by atomic mass is 15.4. The molecule has 0 spiro atoms. The third-order valence-corrected chi connectivity index (χ3v) is 4.47. The fourth-order valence-electron chi connectivity index (χ4n) is 2.80. The Balaban J connectivity index is 1.72. The molecule has 5 nitrogen and oxygen atoms in total. The van der Waals surface area contributed by atoms with E-state index >= 15 is 0 Å². The first-order valence-corrected chi connectivity index (χ1v) is 8.29. The fourth-order valence-corrected chi connectivity index (χ4v) is 2.80. The Hall–Kier alpha value is -3.08. The van der Waals surface area contributed by atoms with Crippen LogP contribution < -0.4 is 0 Å². The van der Waals surface area contributed by atoms with Crippen LogP contribution in [-0.4, -0.2) is 26.3 Å². The Bertz CT molecular complexity index is 993. The molecule has 0 saturated heterocycles. The molecule has 0 amide bonds. The summed E-state index contributed by atoms with van der Waals surface area (Å²) in [6.45, 7) is 6.88. The Morgan fingerprint density at radius 1 is 0.960 bits per heavy atom. The van der Waals surface area contributed by atoms with Gasteiger partial charge in [-0.25, -0.2) is 4.99 Å². The van der Waals surface area contributed by atoms with Gasteiger partial charge in [-0.1, -0.05) is 42.0 Å². The maximum absolute atomic E-state index is 4.79. The molecule has 0 atom stereocenters. The van der Waals surface area contributed by atoms with Gasteiger partial charge in [0.2, 0.25) is 0 Å². The summed E-state index contributed by atoms with van der Waals surface area (Å²) in [5, 5.41) is 4.28.